The maximum Gasteiger partial charge on any atom is 0.349 e. The summed E-state index contributed by atoms with van der Waals surface area (Å²) in [5.74, 6) is -0.969. The molecular formula is C21H21NO4S. The van der Waals surface area contributed by atoms with Gasteiger partial charge in [-0.15, -0.1) is 11.3 Å². The first-order valence-electron chi connectivity index (χ1n) is 8.65. The van der Waals surface area contributed by atoms with Crippen LogP contribution in [0.15, 0.2) is 24.3 Å². The molecule has 0 aliphatic heterocycles. The van der Waals surface area contributed by atoms with E-state index in [2.05, 4.69) is 4.98 Å². The van der Waals surface area contributed by atoms with Crippen molar-refractivity contribution in [2.75, 3.05) is 0 Å². The number of ether oxygens (including phenoxy) is 1. The number of carbonyl (C=O) groups is 3. The molecule has 1 N–H and O–H groups in total. The summed E-state index contributed by atoms with van der Waals surface area (Å²) in [6.07, 6.45) is -0.960. The Hall–Kier alpha value is -2.73. The number of esters is 1. The second kappa shape index (κ2) is 7.12. The summed E-state index contributed by atoms with van der Waals surface area (Å²) in [5, 5.41) is 1.01. The van der Waals surface area contributed by atoms with Gasteiger partial charge in [0.25, 0.3) is 0 Å². The SMILES string of the molecule is CC(=O)c1c(C)[nH]c(C(=O)[C@H](C)OC(=O)c2sc3ccccc3c2C)c1C. The molecule has 0 saturated carbocycles. The van der Waals surface area contributed by atoms with Gasteiger partial charge in [0, 0.05) is 16.0 Å². The average Bonchev–Trinajstić information content (AvgIpc) is 3.11. The van der Waals surface area contributed by atoms with E-state index in [0.717, 1.165) is 15.6 Å². The van der Waals surface area contributed by atoms with E-state index in [1.165, 1.54) is 18.3 Å². The molecule has 0 radical (unpaired) electrons. The van der Waals surface area contributed by atoms with Crippen molar-refractivity contribution < 1.29 is 19.1 Å². The van der Waals surface area contributed by atoms with Gasteiger partial charge < -0.3 is 9.72 Å². The van der Waals surface area contributed by atoms with E-state index >= 15 is 0 Å². The largest absolute Gasteiger partial charge is 0.450 e. The number of hydrogen-bond acceptors (Lipinski definition) is 5. The van der Waals surface area contributed by atoms with Crippen LogP contribution in [0.2, 0.25) is 0 Å². The van der Waals surface area contributed by atoms with Gasteiger partial charge in [0.15, 0.2) is 11.9 Å². The Morgan fingerprint density at radius 2 is 1.74 bits per heavy atom. The van der Waals surface area contributed by atoms with Gasteiger partial charge >= 0.3 is 5.97 Å². The van der Waals surface area contributed by atoms with Gasteiger partial charge in [0.05, 0.1) is 5.69 Å². The molecule has 1 atom stereocenters. The summed E-state index contributed by atoms with van der Waals surface area (Å²) in [4.78, 5) is 40.6. The topological polar surface area (TPSA) is 76.2 Å². The number of H-pyrrole nitrogens is 1. The summed E-state index contributed by atoms with van der Waals surface area (Å²) < 4.78 is 6.45. The monoisotopic (exact) mass is 383 g/mol. The summed E-state index contributed by atoms with van der Waals surface area (Å²) in [6.45, 7) is 8.35. The molecule has 0 aliphatic carbocycles. The first kappa shape index (κ1) is 19.0. The number of fused-ring (bicyclic) bond motifs is 1. The molecule has 0 unspecified atom stereocenters. The lowest BCUT2D eigenvalue weighted by atomic mass is 10.0. The van der Waals surface area contributed by atoms with Gasteiger partial charge in [-0.3, -0.25) is 9.59 Å². The molecule has 2 heterocycles. The van der Waals surface area contributed by atoms with E-state index in [4.69, 9.17) is 4.74 Å². The number of aromatic amines is 1. The lowest BCUT2D eigenvalue weighted by Crippen LogP contribution is -2.25. The van der Waals surface area contributed by atoms with Gasteiger partial charge in [-0.2, -0.15) is 0 Å². The Morgan fingerprint density at radius 3 is 2.33 bits per heavy atom. The Labute approximate surface area is 161 Å². The Balaban J connectivity index is 1.84. The molecule has 1 aromatic carbocycles. The fourth-order valence-corrected chi connectivity index (χ4v) is 4.46. The molecule has 0 amide bonds. The maximum absolute atomic E-state index is 12.8. The smallest absolute Gasteiger partial charge is 0.349 e. The van der Waals surface area contributed by atoms with Crippen molar-refractivity contribution in [2.24, 2.45) is 0 Å². The van der Waals surface area contributed by atoms with Crippen LogP contribution >= 0.6 is 11.3 Å². The zero-order chi connectivity index (χ0) is 19.9. The van der Waals surface area contributed by atoms with Crippen molar-refractivity contribution in [1.29, 1.82) is 0 Å². The van der Waals surface area contributed by atoms with Crippen LogP contribution < -0.4 is 0 Å². The number of nitrogens with one attached hydrogen (secondary N) is 1. The Morgan fingerprint density at radius 1 is 1.07 bits per heavy atom. The normalized spacial score (nSPS) is 12.2. The van der Waals surface area contributed by atoms with Crippen LogP contribution in [0, 0.1) is 20.8 Å². The second-order valence-electron chi connectivity index (χ2n) is 6.65. The van der Waals surface area contributed by atoms with Crippen molar-refractivity contribution in [3.05, 3.63) is 57.2 Å². The lowest BCUT2D eigenvalue weighted by Gasteiger charge is -2.12. The number of Topliss-reactive ketones (excluding diaryl/α,β-unsaturated/α-hetero) is 2. The quantitative estimate of drug-likeness (QED) is 0.508. The van der Waals surface area contributed by atoms with Crippen LogP contribution in [0.1, 0.15) is 61.2 Å². The van der Waals surface area contributed by atoms with Gasteiger partial charge in [-0.05, 0) is 57.2 Å². The fraction of sp³-hybridized carbons (Fsp3) is 0.286. The molecule has 27 heavy (non-hydrogen) atoms. The van der Waals surface area contributed by atoms with E-state index < -0.39 is 12.1 Å². The number of rotatable bonds is 5. The Kier molecular flexibility index (Phi) is 5.02. The minimum Gasteiger partial charge on any atom is -0.450 e. The zero-order valence-electron chi connectivity index (χ0n) is 15.9. The van der Waals surface area contributed by atoms with E-state index in [0.29, 0.717) is 27.4 Å². The van der Waals surface area contributed by atoms with Gasteiger partial charge in [0.1, 0.15) is 4.88 Å². The predicted molar refractivity (Wildman–Crippen MR) is 106 cm³/mol. The van der Waals surface area contributed by atoms with Gasteiger partial charge in [0.2, 0.25) is 5.78 Å². The van der Waals surface area contributed by atoms with E-state index in [1.807, 2.05) is 31.2 Å². The number of aryl methyl sites for hydroxylation is 2. The molecule has 140 valence electrons. The van der Waals surface area contributed by atoms with Crippen LogP contribution in [0.4, 0.5) is 0 Å². The number of ketones is 2. The third-order valence-electron chi connectivity index (χ3n) is 4.72. The van der Waals surface area contributed by atoms with Crippen molar-refractivity contribution >= 4 is 39.0 Å². The molecular weight excluding hydrogens is 362 g/mol. The molecule has 6 heteroatoms. The van der Waals surface area contributed by atoms with E-state index in [1.54, 1.807) is 20.8 Å². The van der Waals surface area contributed by atoms with Gasteiger partial charge in [-0.1, -0.05) is 18.2 Å². The van der Waals surface area contributed by atoms with Crippen molar-refractivity contribution in [1.82, 2.24) is 4.98 Å². The maximum atomic E-state index is 12.8. The number of benzene rings is 1. The van der Waals surface area contributed by atoms with Crippen LogP contribution in [-0.4, -0.2) is 28.6 Å². The zero-order valence-corrected chi connectivity index (χ0v) is 16.7. The third kappa shape index (κ3) is 3.32. The highest BCUT2D eigenvalue weighted by Crippen LogP contribution is 2.31. The fourth-order valence-electron chi connectivity index (χ4n) is 3.36. The summed E-state index contributed by atoms with van der Waals surface area (Å²) in [7, 11) is 0. The highest BCUT2D eigenvalue weighted by molar-refractivity contribution is 7.21. The van der Waals surface area contributed by atoms with Crippen LogP contribution in [0.25, 0.3) is 10.1 Å². The molecule has 3 rings (SSSR count). The summed E-state index contributed by atoms with van der Waals surface area (Å²) in [5.41, 5.74) is 2.91. The molecule has 5 nitrogen and oxygen atoms in total. The van der Waals surface area contributed by atoms with E-state index in [-0.39, 0.29) is 11.6 Å². The highest BCUT2D eigenvalue weighted by Gasteiger charge is 2.27. The number of thiophene rings is 1. The third-order valence-corrected chi connectivity index (χ3v) is 5.97. The van der Waals surface area contributed by atoms with Crippen molar-refractivity contribution in [3.63, 3.8) is 0 Å². The molecule has 0 spiro atoms. The predicted octanol–water partition coefficient (Wildman–Crippen LogP) is 4.79. The molecule has 0 saturated heterocycles. The van der Waals surface area contributed by atoms with Crippen LogP contribution in [0.3, 0.4) is 0 Å². The van der Waals surface area contributed by atoms with Crippen molar-refractivity contribution in [2.45, 2.75) is 40.7 Å². The molecule has 0 fully saturated rings. The van der Waals surface area contributed by atoms with Crippen LogP contribution in [0.5, 0.6) is 0 Å². The number of carbonyl (C=O) groups excluding carboxylic acids is 3. The standard InChI is InChI=1S/C21H21NO4S/c1-10-15-8-6-7-9-16(15)27-20(10)21(25)26-14(5)19(24)18-11(2)17(13(4)23)12(3)22-18/h6-9,14,22H,1-5H3/t14-/m0/s1. The highest BCUT2D eigenvalue weighted by atomic mass is 32.1. The second-order valence-corrected chi connectivity index (χ2v) is 7.70. The number of hydrogen-bond donors (Lipinski definition) is 1. The average molecular weight is 383 g/mol. The lowest BCUT2D eigenvalue weighted by molar-refractivity contribution is 0.0321. The molecule has 0 bridgehead atoms. The summed E-state index contributed by atoms with van der Waals surface area (Å²) >= 11 is 1.36. The molecule has 3 aromatic rings. The van der Waals surface area contributed by atoms with E-state index in [9.17, 15) is 14.4 Å². The first-order chi connectivity index (χ1) is 12.7. The molecule has 0 aliphatic rings. The summed E-state index contributed by atoms with van der Waals surface area (Å²) in [6, 6.07) is 7.75. The van der Waals surface area contributed by atoms with Gasteiger partial charge in [-0.25, -0.2) is 4.79 Å². The van der Waals surface area contributed by atoms with Crippen molar-refractivity contribution in [3.8, 4) is 0 Å². The van der Waals surface area contributed by atoms with Crippen LogP contribution in [-0.2, 0) is 4.74 Å². The minimum atomic E-state index is -0.960. The Bertz CT molecular complexity index is 1070. The minimum absolute atomic E-state index is 0.106. The molecule has 2 aromatic heterocycles. The number of aromatic nitrogens is 1. The first-order valence-corrected chi connectivity index (χ1v) is 9.47.